The fourth-order valence-electron chi connectivity index (χ4n) is 7.17. The first-order chi connectivity index (χ1) is 17.9. The van der Waals surface area contributed by atoms with Crippen LogP contribution in [0.5, 0.6) is 0 Å². The third-order valence-electron chi connectivity index (χ3n) is 9.46. The van der Waals surface area contributed by atoms with Crippen LogP contribution in [0, 0.1) is 29.1 Å². The van der Waals surface area contributed by atoms with Gasteiger partial charge >= 0.3 is 0 Å². The maximum atomic E-state index is 10.8. The number of hydrogen-bond donors (Lipinski definition) is 3. The molecule has 0 aromatic carbocycles. The summed E-state index contributed by atoms with van der Waals surface area (Å²) >= 11 is 0. The Kier molecular flexibility index (Phi) is 13.3. The highest BCUT2D eigenvalue weighted by molar-refractivity contribution is 5.77. The Bertz CT molecular complexity index is 818. The highest BCUT2D eigenvalue weighted by atomic mass is 16.3. The Balaban J connectivity index is 0.000000432. The second-order valence-corrected chi connectivity index (χ2v) is 13.5. The zero-order chi connectivity index (χ0) is 28.3. The molecule has 3 rings (SSSR count). The van der Waals surface area contributed by atoms with E-state index in [1.165, 1.54) is 75.4 Å². The molecule has 3 aliphatic carbocycles. The normalized spacial score (nSPS) is 28.7. The first-order valence-electron chi connectivity index (χ1n) is 15.6. The van der Waals surface area contributed by atoms with Crippen LogP contribution in [0.2, 0.25) is 0 Å². The fraction of sp³-hybridized carbons (Fsp3) is 0.794. The smallest absolute Gasteiger partial charge is 0.222 e. The van der Waals surface area contributed by atoms with E-state index in [9.17, 15) is 9.90 Å². The molecular formula is C34H59NO3. The lowest BCUT2D eigenvalue weighted by Crippen LogP contribution is -2.36. The minimum Gasteiger partial charge on any atom is -0.396 e. The van der Waals surface area contributed by atoms with Gasteiger partial charge in [-0.25, -0.2) is 0 Å². The topological polar surface area (TPSA) is 69.6 Å². The summed E-state index contributed by atoms with van der Waals surface area (Å²) in [5.74, 6) is 2.50. The molecule has 38 heavy (non-hydrogen) atoms. The number of aliphatic hydroxyl groups excluding tert-OH is 1. The van der Waals surface area contributed by atoms with Gasteiger partial charge in [-0.3, -0.25) is 4.79 Å². The predicted octanol–water partition coefficient (Wildman–Crippen LogP) is 7.90. The van der Waals surface area contributed by atoms with E-state index in [-0.39, 0.29) is 18.4 Å². The molecule has 1 amide bonds. The molecule has 0 aromatic heterocycles. The summed E-state index contributed by atoms with van der Waals surface area (Å²) in [5.41, 5.74) is 4.59. The molecule has 3 saturated carbocycles. The van der Waals surface area contributed by atoms with Gasteiger partial charge in [-0.2, -0.15) is 0 Å². The minimum atomic E-state index is -0.515. The van der Waals surface area contributed by atoms with Gasteiger partial charge in [-0.1, -0.05) is 70.4 Å². The van der Waals surface area contributed by atoms with Crippen molar-refractivity contribution in [3.8, 4) is 0 Å². The van der Waals surface area contributed by atoms with Gasteiger partial charge in [-0.05, 0) is 113 Å². The highest BCUT2D eigenvalue weighted by Gasteiger charge is 2.50. The van der Waals surface area contributed by atoms with E-state index < -0.39 is 5.60 Å². The summed E-state index contributed by atoms with van der Waals surface area (Å²) < 4.78 is 0. The summed E-state index contributed by atoms with van der Waals surface area (Å²) in [5, 5.41) is 21.1. The molecule has 218 valence electrons. The van der Waals surface area contributed by atoms with E-state index in [2.05, 4.69) is 37.9 Å². The molecule has 3 N–H and O–H groups in total. The zero-order valence-electron chi connectivity index (χ0n) is 25.6. The number of nitrogens with one attached hydrogen (secondary N) is 1. The maximum absolute atomic E-state index is 10.8. The van der Waals surface area contributed by atoms with Gasteiger partial charge in [0.15, 0.2) is 0 Å². The molecule has 0 spiro atoms. The highest BCUT2D eigenvalue weighted by Crippen LogP contribution is 2.60. The van der Waals surface area contributed by atoms with Crippen molar-refractivity contribution in [2.24, 2.45) is 29.1 Å². The summed E-state index contributed by atoms with van der Waals surface area (Å²) in [6.07, 6.45) is 20.8. The second-order valence-electron chi connectivity index (χ2n) is 13.5. The van der Waals surface area contributed by atoms with Crippen LogP contribution in [-0.2, 0) is 4.79 Å². The average Bonchev–Trinajstić information content (AvgIpc) is 3.20. The van der Waals surface area contributed by atoms with Crippen LogP contribution < -0.4 is 5.32 Å². The standard InChI is InChI=1S/C27H44O.C7H15NO2/c1-20-10-6-7-12-22(20)14-15-23-13-9-19-27(5)24(16-17-25(23)27)21(2)11-8-18-26(3,4)28;1-6(2)7(10)8-4-3-5-9/h14-15,21,24-25,28H,1,6-13,16-19H2,2-5H3;6,9H,3-5H2,1-2H3,(H,8,10)/b22-14-,23-15+;/t21-,24?,25?,27?;/m1./s1. The molecule has 0 heterocycles. The molecule has 4 nitrogen and oxygen atoms in total. The van der Waals surface area contributed by atoms with Gasteiger partial charge < -0.3 is 15.5 Å². The van der Waals surface area contributed by atoms with Gasteiger partial charge in [0.25, 0.3) is 0 Å². The van der Waals surface area contributed by atoms with Gasteiger partial charge in [0, 0.05) is 19.1 Å². The van der Waals surface area contributed by atoms with Crippen molar-refractivity contribution in [2.45, 2.75) is 131 Å². The Hall–Kier alpha value is -1.39. The van der Waals surface area contributed by atoms with Crippen molar-refractivity contribution in [3.05, 3.63) is 35.5 Å². The van der Waals surface area contributed by atoms with Crippen molar-refractivity contribution in [2.75, 3.05) is 13.2 Å². The zero-order valence-corrected chi connectivity index (χ0v) is 25.6. The monoisotopic (exact) mass is 529 g/mol. The van der Waals surface area contributed by atoms with E-state index in [4.69, 9.17) is 5.11 Å². The Morgan fingerprint density at radius 2 is 1.82 bits per heavy atom. The number of amides is 1. The Labute approximate surface area is 234 Å². The van der Waals surface area contributed by atoms with Crippen LogP contribution in [0.4, 0.5) is 0 Å². The molecule has 0 saturated heterocycles. The number of fused-ring (bicyclic) bond motifs is 1. The number of rotatable bonds is 10. The van der Waals surface area contributed by atoms with Crippen LogP contribution in [0.25, 0.3) is 0 Å². The quantitative estimate of drug-likeness (QED) is 0.252. The van der Waals surface area contributed by atoms with Gasteiger partial charge in [-0.15, -0.1) is 0 Å². The lowest BCUT2D eigenvalue weighted by Gasteiger charge is -2.44. The largest absolute Gasteiger partial charge is 0.396 e. The molecule has 3 fully saturated rings. The summed E-state index contributed by atoms with van der Waals surface area (Å²) in [7, 11) is 0. The van der Waals surface area contributed by atoms with E-state index in [1.54, 1.807) is 5.57 Å². The number of aliphatic hydroxyl groups is 2. The van der Waals surface area contributed by atoms with Gasteiger partial charge in [0.1, 0.15) is 0 Å². The number of carbonyl (C=O) groups is 1. The van der Waals surface area contributed by atoms with Crippen molar-refractivity contribution >= 4 is 5.91 Å². The van der Waals surface area contributed by atoms with Crippen molar-refractivity contribution in [1.29, 1.82) is 0 Å². The summed E-state index contributed by atoms with van der Waals surface area (Å²) in [4.78, 5) is 10.8. The number of hydrogen-bond acceptors (Lipinski definition) is 3. The summed E-state index contributed by atoms with van der Waals surface area (Å²) in [6, 6.07) is 0. The van der Waals surface area contributed by atoms with Crippen LogP contribution >= 0.6 is 0 Å². The van der Waals surface area contributed by atoms with Crippen LogP contribution in [0.15, 0.2) is 35.5 Å². The number of allylic oxidation sites excluding steroid dienone is 5. The SMILES string of the molecule is C=C1CCCC/C1=C/C=C1\CCCC2(C)C1CCC2[C@H](C)CCCC(C)(C)O.CC(C)C(=O)NCCCO. The number of carbonyl (C=O) groups excluding carboxylic acids is 1. The maximum Gasteiger partial charge on any atom is 0.222 e. The second kappa shape index (κ2) is 15.4. The Morgan fingerprint density at radius 1 is 1.11 bits per heavy atom. The van der Waals surface area contributed by atoms with Gasteiger partial charge in [0.2, 0.25) is 5.91 Å². The first kappa shape index (κ1) is 32.8. The average molecular weight is 530 g/mol. The molecule has 4 heteroatoms. The van der Waals surface area contributed by atoms with Gasteiger partial charge in [0.05, 0.1) is 5.60 Å². The van der Waals surface area contributed by atoms with Crippen LogP contribution in [0.3, 0.4) is 0 Å². The predicted molar refractivity (Wildman–Crippen MR) is 161 cm³/mol. The lowest BCUT2D eigenvalue weighted by atomic mass is 9.60. The molecule has 0 bridgehead atoms. The minimum absolute atomic E-state index is 0.0405. The molecular weight excluding hydrogens is 470 g/mol. The van der Waals surface area contributed by atoms with Crippen molar-refractivity contribution in [1.82, 2.24) is 5.32 Å². The van der Waals surface area contributed by atoms with E-state index in [0.717, 1.165) is 30.6 Å². The molecule has 0 aliphatic heterocycles. The van der Waals surface area contributed by atoms with Crippen molar-refractivity contribution in [3.63, 3.8) is 0 Å². The van der Waals surface area contributed by atoms with Crippen LogP contribution in [-0.4, -0.2) is 34.9 Å². The summed E-state index contributed by atoms with van der Waals surface area (Å²) in [6.45, 7) is 17.7. The molecule has 0 radical (unpaired) electrons. The molecule has 4 atom stereocenters. The lowest BCUT2D eigenvalue weighted by molar-refractivity contribution is -0.123. The van der Waals surface area contributed by atoms with Crippen LogP contribution in [0.1, 0.15) is 125 Å². The molecule has 0 aromatic rings. The first-order valence-corrected chi connectivity index (χ1v) is 15.6. The molecule has 3 aliphatic rings. The van der Waals surface area contributed by atoms with E-state index in [1.807, 2.05) is 27.7 Å². The van der Waals surface area contributed by atoms with E-state index in [0.29, 0.717) is 18.4 Å². The third kappa shape index (κ3) is 9.97. The fourth-order valence-corrected chi connectivity index (χ4v) is 7.17. The Morgan fingerprint density at radius 3 is 2.45 bits per heavy atom. The third-order valence-corrected chi connectivity index (χ3v) is 9.46. The van der Waals surface area contributed by atoms with E-state index >= 15 is 0 Å². The molecule has 3 unspecified atom stereocenters. The van der Waals surface area contributed by atoms with Crippen molar-refractivity contribution < 1.29 is 15.0 Å².